The van der Waals surface area contributed by atoms with E-state index in [0.717, 1.165) is 21.6 Å². The predicted octanol–water partition coefficient (Wildman–Crippen LogP) is 4.12. The van der Waals surface area contributed by atoms with E-state index in [1.807, 2.05) is 39.8 Å². The van der Waals surface area contributed by atoms with Crippen molar-refractivity contribution in [1.29, 1.82) is 0 Å². The van der Waals surface area contributed by atoms with Gasteiger partial charge in [0.2, 0.25) is 0 Å². The van der Waals surface area contributed by atoms with Gasteiger partial charge in [-0.3, -0.25) is 4.79 Å². The van der Waals surface area contributed by atoms with Crippen LogP contribution in [0.4, 0.5) is 0 Å². The van der Waals surface area contributed by atoms with Gasteiger partial charge in [0.1, 0.15) is 9.71 Å². The van der Waals surface area contributed by atoms with Gasteiger partial charge in [0, 0.05) is 15.9 Å². The molecule has 8 heteroatoms. The van der Waals surface area contributed by atoms with Gasteiger partial charge in [0.15, 0.2) is 6.61 Å². The highest BCUT2D eigenvalue weighted by molar-refractivity contribution is 7.20. The summed E-state index contributed by atoms with van der Waals surface area (Å²) in [5, 5.41) is 8.80. The van der Waals surface area contributed by atoms with Crippen LogP contribution in [0, 0.1) is 6.92 Å². The third-order valence-electron chi connectivity index (χ3n) is 3.67. The zero-order chi connectivity index (χ0) is 19.8. The van der Waals surface area contributed by atoms with Crippen molar-refractivity contribution in [2.45, 2.75) is 33.2 Å². The maximum atomic E-state index is 12.3. The molecule has 1 N–H and O–H groups in total. The van der Waals surface area contributed by atoms with Crippen LogP contribution >= 0.6 is 22.9 Å². The Bertz CT molecular complexity index is 1000. The zero-order valence-corrected chi connectivity index (χ0v) is 17.1. The quantitative estimate of drug-likeness (QED) is 0.662. The summed E-state index contributed by atoms with van der Waals surface area (Å²) in [5.74, 6) is -0.859. The number of thiophene rings is 1. The van der Waals surface area contributed by atoms with Crippen LogP contribution in [0.1, 0.15) is 36.1 Å². The summed E-state index contributed by atoms with van der Waals surface area (Å²) in [6.07, 6.45) is 0. The Kier molecular flexibility index (Phi) is 5.26. The molecule has 2 heterocycles. The number of aryl methyl sites for hydroxylation is 1. The van der Waals surface area contributed by atoms with Crippen LogP contribution in [-0.2, 0) is 9.53 Å². The Morgan fingerprint density at radius 3 is 2.56 bits per heavy atom. The van der Waals surface area contributed by atoms with Gasteiger partial charge in [-0.1, -0.05) is 11.6 Å². The van der Waals surface area contributed by atoms with Crippen LogP contribution in [0.3, 0.4) is 0 Å². The fraction of sp³-hybridized carbons (Fsp3) is 0.316. The number of nitrogens with zero attached hydrogens (tertiary/aromatic N) is 2. The fourth-order valence-electron chi connectivity index (χ4n) is 2.56. The lowest BCUT2D eigenvalue weighted by atomic mass is 10.1. The summed E-state index contributed by atoms with van der Waals surface area (Å²) in [7, 11) is 0. The molecule has 0 aliphatic rings. The Labute approximate surface area is 166 Å². The Morgan fingerprint density at radius 1 is 1.26 bits per heavy atom. The molecule has 3 rings (SSSR count). The second-order valence-corrected chi connectivity index (χ2v) is 8.64. The first-order valence-electron chi connectivity index (χ1n) is 8.37. The van der Waals surface area contributed by atoms with Crippen LogP contribution < -0.4 is 5.32 Å². The first-order chi connectivity index (χ1) is 12.6. The number of hydrogen-bond acceptors (Lipinski definition) is 5. The molecule has 6 nitrogen and oxygen atoms in total. The number of halogens is 1. The van der Waals surface area contributed by atoms with Gasteiger partial charge in [0.25, 0.3) is 5.91 Å². The number of fused-ring (bicyclic) bond motifs is 1. The molecule has 0 unspecified atom stereocenters. The molecule has 0 aliphatic heterocycles. The number of carbonyl (C=O) groups excluding carboxylic acids is 2. The van der Waals surface area contributed by atoms with E-state index in [0.29, 0.717) is 9.90 Å². The average molecular weight is 406 g/mol. The summed E-state index contributed by atoms with van der Waals surface area (Å²) in [5.41, 5.74) is 1.28. The highest BCUT2D eigenvalue weighted by atomic mass is 35.5. The maximum Gasteiger partial charge on any atom is 0.348 e. The molecule has 0 atom stereocenters. The molecule has 142 valence electrons. The van der Waals surface area contributed by atoms with Crippen LogP contribution in [-0.4, -0.2) is 33.8 Å². The monoisotopic (exact) mass is 405 g/mol. The molecule has 0 spiro atoms. The van der Waals surface area contributed by atoms with Gasteiger partial charge in [-0.25, -0.2) is 9.48 Å². The first-order valence-corrected chi connectivity index (χ1v) is 9.57. The van der Waals surface area contributed by atoms with E-state index in [4.69, 9.17) is 16.3 Å². The number of carbonyl (C=O) groups is 2. The number of amides is 1. The van der Waals surface area contributed by atoms with Gasteiger partial charge in [-0.15, -0.1) is 11.3 Å². The summed E-state index contributed by atoms with van der Waals surface area (Å²) < 4.78 is 6.92. The highest BCUT2D eigenvalue weighted by Gasteiger charge is 2.20. The number of esters is 1. The lowest BCUT2D eigenvalue weighted by molar-refractivity contribution is -0.125. The van der Waals surface area contributed by atoms with E-state index >= 15 is 0 Å². The molecule has 0 aliphatic carbocycles. The largest absolute Gasteiger partial charge is 0.451 e. The minimum atomic E-state index is -0.526. The van der Waals surface area contributed by atoms with Crippen LogP contribution in [0.15, 0.2) is 30.3 Å². The summed E-state index contributed by atoms with van der Waals surface area (Å²) in [6.45, 7) is 7.16. The van der Waals surface area contributed by atoms with Crippen molar-refractivity contribution >= 4 is 45.0 Å². The van der Waals surface area contributed by atoms with Crippen molar-refractivity contribution in [2.24, 2.45) is 0 Å². The number of nitrogens with one attached hydrogen (secondary N) is 1. The average Bonchev–Trinajstić information content (AvgIpc) is 3.13. The Balaban J connectivity index is 1.80. The molecule has 1 amide bonds. The smallest absolute Gasteiger partial charge is 0.348 e. The van der Waals surface area contributed by atoms with Crippen molar-refractivity contribution in [3.05, 3.63) is 45.9 Å². The number of ether oxygens (including phenoxy) is 1. The summed E-state index contributed by atoms with van der Waals surface area (Å²) in [4.78, 5) is 25.4. The van der Waals surface area contributed by atoms with E-state index in [1.165, 1.54) is 11.3 Å². The molecular weight excluding hydrogens is 386 g/mol. The topological polar surface area (TPSA) is 73.2 Å². The number of hydrogen-bond donors (Lipinski definition) is 1. The molecule has 0 fully saturated rings. The van der Waals surface area contributed by atoms with Crippen LogP contribution in [0.25, 0.3) is 15.9 Å². The predicted molar refractivity (Wildman–Crippen MR) is 107 cm³/mol. The lowest BCUT2D eigenvalue weighted by Crippen LogP contribution is -2.42. The fourth-order valence-corrected chi connectivity index (χ4v) is 3.76. The molecule has 0 bridgehead atoms. The first kappa shape index (κ1) is 19.4. The molecule has 1 aromatic carbocycles. The van der Waals surface area contributed by atoms with E-state index in [-0.39, 0.29) is 18.1 Å². The van der Waals surface area contributed by atoms with Crippen molar-refractivity contribution < 1.29 is 14.3 Å². The lowest BCUT2D eigenvalue weighted by Gasteiger charge is -2.20. The number of rotatable bonds is 4. The Morgan fingerprint density at radius 2 is 1.93 bits per heavy atom. The molecule has 2 aromatic heterocycles. The van der Waals surface area contributed by atoms with Gasteiger partial charge in [-0.2, -0.15) is 5.10 Å². The Hall–Kier alpha value is -2.38. The van der Waals surface area contributed by atoms with Crippen LogP contribution in [0.2, 0.25) is 5.02 Å². The number of aromatic nitrogens is 2. The zero-order valence-electron chi connectivity index (χ0n) is 15.5. The van der Waals surface area contributed by atoms with Crippen molar-refractivity contribution in [3.63, 3.8) is 0 Å². The highest BCUT2D eigenvalue weighted by Crippen LogP contribution is 2.31. The van der Waals surface area contributed by atoms with E-state index in [2.05, 4.69) is 10.4 Å². The summed E-state index contributed by atoms with van der Waals surface area (Å²) >= 11 is 7.23. The standard InChI is InChI=1S/C19H20ClN3O3S/c1-11-14-9-15(18(25)26-10-16(24)21-19(2,3)4)27-17(14)23(22-11)13-7-5-12(20)6-8-13/h5-9H,10H2,1-4H3,(H,21,24). The van der Waals surface area contributed by atoms with Gasteiger partial charge >= 0.3 is 5.97 Å². The van der Waals surface area contributed by atoms with E-state index in [9.17, 15) is 9.59 Å². The van der Waals surface area contributed by atoms with Crippen molar-refractivity contribution in [2.75, 3.05) is 6.61 Å². The normalized spacial score (nSPS) is 11.6. The molecule has 3 aromatic rings. The van der Waals surface area contributed by atoms with Crippen molar-refractivity contribution in [1.82, 2.24) is 15.1 Å². The molecule has 0 saturated heterocycles. The van der Waals surface area contributed by atoms with Gasteiger partial charge < -0.3 is 10.1 Å². The third kappa shape index (κ3) is 4.48. The minimum Gasteiger partial charge on any atom is -0.451 e. The molecule has 27 heavy (non-hydrogen) atoms. The number of benzene rings is 1. The maximum absolute atomic E-state index is 12.3. The van der Waals surface area contributed by atoms with E-state index in [1.54, 1.807) is 22.9 Å². The molecule has 0 saturated carbocycles. The third-order valence-corrected chi connectivity index (χ3v) is 5.01. The van der Waals surface area contributed by atoms with Crippen molar-refractivity contribution in [3.8, 4) is 5.69 Å². The molecule has 0 radical (unpaired) electrons. The second-order valence-electron chi connectivity index (χ2n) is 7.18. The van der Waals surface area contributed by atoms with Gasteiger partial charge in [-0.05, 0) is 58.0 Å². The summed E-state index contributed by atoms with van der Waals surface area (Å²) in [6, 6.07) is 9.05. The van der Waals surface area contributed by atoms with Crippen LogP contribution in [0.5, 0.6) is 0 Å². The second kappa shape index (κ2) is 7.32. The molecular formula is C19H20ClN3O3S. The minimum absolute atomic E-state index is 0.313. The van der Waals surface area contributed by atoms with Gasteiger partial charge in [0.05, 0.1) is 11.4 Å². The van der Waals surface area contributed by atoms with E-state index < -0.39 is 5.97 Å². The SMILES string of the molecule is Cc1nn(-c2ccc(Cl)cc2)c2sc(C(=O)OCC(=O)NC(C)(C)C)cc12.